The monoisotopic (exact) mass is 339 g/mol. The van der Waals surface area contributed by atoms with Gasteiger partial charge in [0.05, 0.1) is 17.1 Å². The molecule has 1 amide bonds. The van der Waals surface area contributed by atoms with Gasteiger partial charge in [-0.1, -0.05) is 29.8 Å². The molecule has 0 radical (unpaired) electrons. The smallest absolute Gasteiger partial charge is 0.228 e. The lowest BCUT2D eigenvalue weighted by Gasteiger charge is -2.06. The maximum atomic E-state index is 12.4. The van der Waals surface area contributed by atoms with Gasteiger partial charge >= 0.3 is 0 Å². The summed E-state index contributed by atoms with van der Waals surface area (Å²) in [5, 5.41) is 4.46. The first-order valence-electron chi connectivity index (χ1n) is 8.17. The fourth-order valence-electron chi connectivity index (χ4n) is 3.04. The van der Waals surface area contributed by atoms with Gasteiger partial charge in [0.15, 0.2) is 0 Å². The van der Waals surface area contributed by atoms with E-state index in [2.05, 4.69) is 33.2 Å². The first kappa shape index (κ1) is 15.2. The minimum Gasteiger partial charge on any atom is -0.347 e. The molecule has 1 aliphatic carbocycles. The van der Waals surface area contributed by atoms with Crippen molar-refractivity contribution in [2.45, 2.75) is 25.8 Å². The van der Waals surface area contributed by atoms with Crippen molar-refractivity contribution in [3.05, 3.63) is 59.5 Å². The Morgan fingerprint density at radius 2 is 2.12 bits per heavy atom. The quantitative estimate of drug-likeness (QED) is 0.754. The number of amides is 1. The zero-order chi connectivity index (χ0) is 16.5. The number of carbonyl (C=O) groups excluding carboxylic acids is 1. The van der Waals surface area contributed by atoms with Gasteiger partial charge in [0, 0.05) is 36.0 Å². The van der Waals surface area contributed by atoms with Gasteiger partial charge < -0.3 is 9.88 Å². The van der Waals surface area contributed by atoms with Crippen molar-refractivity contribution in [2.24, 2.45) is 5.92 Å². The molecule has 24 heavy (non-hydrogen) atoms. The van der Waals surface area contributed by atoms with Crippen LogP contribution in [0, 0.1) is 5.92 Å². The molecule has 4 rings (SSSR count). The summed E-state index contributed by atoms with van der Waals surface area (Å²) in [5.74, 6) is 0.718. The van der Waals surface area contributed by atoms with E-state index >= 15 is 0 Å². The Morgan fingerprint density at radius 3 is 2.92 bits per heavy atom. The Hall–Kier alpha value is -2.33. The van der Waals surface area contributed by atoms with E-state index in [1.807, 2.05) is 12.1 Å². The first-order valence-corrected chi connectivity index (χ1v) is 8.54. The number of carbonyl (C=O) groups is 1. The van der Waals surface area contributed by atoms with Crippen molar-refractivity contribution in [1.29, 1.82) is 0 Å². The number of hydrogen-bond donors (Lipinski definition) is 1. The highest BCUT2D eigenvalue weighted by Gasteiger charge is 2.23. The number of aromatic nitrogens is 2. The van der Waals surface area contributed by atoms with Gasteiger partial charge in [-0.25, -0.2) is 0 Å². The highest BCUT2D eigenvalue weighted by atomic mass is 35.5. The van der Waals surface area contributed by atoms with Gasteiger partial charge in [-0.15, -0.1) is 0 Å². The minimum absolute atomic E-state index is 0.0718. The summed E-state index contributed by atoms with van der Waals surface area (Å²) in [6.07, 6.45) is 8.21. The number of hydrogen-bond acceptors (Lipinski definition) is 2. The van der Waals surface area contributed by atoms with E-state index in [1.54, 1.807) is 12.3 Å². The van der Waals surface area contributed by atoms with E-state index in [4.69, 9.17) is 11.6 Å². The average Bonchev–Trinajstić information content (AvgIpc) is 3.33. The van der Waals surface area contributed by atoms with Crippen LogP contribution in [0.15, 0.2) is 48.9 Å². The Kier molecular flexibility index (Phi) is 3.98. The number of pyridine rings is 1. The van der Waals surface area contributed by atoms with Gasteiger partial charge in [0.25, 0.3) is 0 Å². The van der Waals surface area contributed by atoms with Crippen molar-refractivity contribution in [3.63, 3.8) is 0 Å². The number of nitrogens with one attached hydrogen (secondary N) is 1. The Bertz CT molecular complexity index is 899. The minimum atomic E-state index is -0.0718. The van der Waals surface area contributed by atoms with Crippen LogP contribution in [0.1, 0.15) is 18.4 Å². The van der Waals surface area contributed by atoms with Gasteiger partial charge in [-0.05, 0) is 36.5 Å². The SMILES string of the molecule is O=C(Cc1cn(CC2CC2)c2ccccc12)Nc1ccncc1Cl. The number of nitrogens with zero attached hydrogens (tertiary/aromatic N) is 2. The Morgan fingerprint density at radius 1 is 1.29 bits per heavy atom. The maximum Gasteiger partial charge on any atom is 0.228 e. The molecule has 1 fully saturated rings. The molecule has 1 saturated carbocycles. The van der Waals surface area contributed by atoms with Crippen LogP contribution >= 0.6 is 11.6 Å². The van der Waals surface area contributed by atoms with Crippen LogP contribution in [-0.4, -0.2) is 15.5 Å². The van der Waals surface area contributed by atoms with Crippen molar-refractivity contribution in [2.75, 3.05) is 5.32 Å². The van der Waals surface area contributed by atoms with Crippen LogP contribution in [0.25, 0.3) is 10.9 Å². The van der Waals surface area contributed by atoms with Crippen LogP contribution < -0.4 is 5.32 Å². The van der Waals surface area contributed by atoms with Crippen LogP contribution in [0.5, 0.6) is 0 Å². The van der Waals surface area contributed by atoms with Gasteiger partial charge in [-0.3, -0.25) is 9.78 Å². The molecule has 0 atom stereocenters. The predicted molar refractivity (Wildman–Crippen MR) is 96.2 cm³/mol. The van der Waals surface area contributed by atoms with Gasteiger partial charge in [0.2, 0.25) is 5.91 Å². The lowest BCUT2D eigenvalue weighted by atomic mass is 10.1. The lowest BCUT2D eigenvalue weighted by Crippen LogP contribution is -2.14. The zero-order valence-corrected chi connectivity index (χ0v) is 14.0. The number of halogens is 1. The Labute approximate surface area is 145 Å². The molecule has 2 heterocycles. The summed E-state index contributed by atoms with van der Waals surface area (Å²) in [4.78, 5) is 16.3. The highest BCUT2D eigenvalue weighted by Crippen LogP contribution is 2.33. The summed E-state index contributed by atoms with van der Waals surface area (Å²) in [6.45, 7) is 1.04. The molecule has 5 heteroatoms. The van der Waals surface area contributed by atoms with E-state index in [9.17, 15) is 4.79 Å². The largest absolute Gasteiger partial charge is 0.347 e. The molecule has 0 spiro atoms. The Balaban J connectivity index is 1.57. The predicted octanol–water partition coefficient (Wildman–Crippen LogP) is 4.28. The second-order valence-corrected chi connectivity index (χ2v) is 6.75. The molecule has 3 aromatic rings. The van der Waals surface area contributed by atoms with Crippen LogP contribution in [-0.2, 0) is 17.8 Å². The van der Waals surface area contributed by atoms with Crippen molar-refractivity contribution < 1.29 is 4.79 Å². The van der Waals surface area contributed by atoms with Crippen LogP contribution in [0.3, 0.4) is 0 Å². The third kappa shape index (κ3) is 3.15. The number of benzene rings is 1. The summed E-state index contributed by atoms with van der Waals surface area (Å²) in [6, 6.07) is 9.98. The fraction of sp³-hybridized carbons (Fsp3) is 0.263. The normalized spacial score (nSPS) is 14.0. The first-order chi connectivity index (χ1) is 11.7. The average molecular weight is 340 g/mol. The van der Waals surface area contributed by atoms with Crippen LogP contribution in [0.2, 0.25) is 5.02 Å². The van der Waals surface area contributed by atoms with Gasteiger partial charge in [-0.2, -0.15) is 0 Å². The van der Waals surface area contributed by atoms with E-state index in [-0.39, 0.29) is 5.91 Å². The fourth-order valence-corrected chi connectivity index (χ4v) is 3.20. The summed E-state index contributed by atoms with van der Waals surface area (Å²) in [5.41, 5.74) is 2.85. The molecule has 1 aromatic carbocycles. The third-order valence-corrected chi connectivity index (χ3v) is 4.72. The molecule has 122 valence electrons. The van der Waals surface area contributed by atoms with E-state index in [0.717, 1.165) is 23.4 Å². The summed E-state index contributed by atoms with van der Waals surface area (Å²) < 4.78 is 2.29. The summed E-state index contributed by atoms with van der Waals surface area (Å²) >= 11 is 6.05. The van der Waals surface area contributed by atoms with Crippen molar-refractivity contribution in [1.82, 2.24) is 9.55 Å². The molecule has 4 nitrogen and oxygen atoms in total. The van der Waals surface area contributed by atoms with E-state index < -0.39 is 0 Å². The second-order valence-electron chi connectivity index (χ2n) is 6.35. The lowest BCUT2D eigenvalue weighted by molar-refractivity contribution is -0.115. The number of fused-ring (bicyclic) bond motifs is 1. The molecule has 0 bridgehead atoms. The highest BCUT2D eigenvalue weighted by molar-refractivity contribution is 6.33. The summed E-state index contributed by atoms with van der Waals surface area (Å²) in [7, 11) is 0. The molecule has 0 aliphatic heterocycles. The maximum absolute atomic E-state index is 12.4. The van der Waals surface area contributed by atoms with Crippen LogP contribution in [0.4, 0.5) is 5.69 Å². The van der Waals surface area contributed by atoms with Crippen molar-refractivity contribution in [3.8, 4) is 0 Å². The van der Waals surface area contributed by atoms with E-state index in [1.165, 1.54) is 24.6 Å². The van der Waals surface area contributed by atoms with E-state index in [0.29, 0.717) is 17.1 Å². The van der Waals surface area contributed by atoms with Gasteiger partial charge in [0.1, 0.15) is 0 Å². The number of rotatable bonds is 5. The second kappa shape index (κ2) is 6.29. The molecule has 2 aromatic heterocycles. The number of para-hydroxylation sites is 1. The standard InChI is InChI=1S/C19H18ClN3O/c20-16-10-21-8-7-17(16)22-19(24)9-14-12-23(11-13-5-6-13)18-4-2-1-3-15(14)18/h1-4,7-8,10,12-13H,5-6,9,11H2,(H,21,22,24). The zero-order valence-electron chi connectivity index (χ0n) is 13.2. The molecule has 0 unspecified atom stereocenters. The molecule has 0 saturated heterocycles. The molecule has 1 aliphatic rings. The number of anilines is 1. The molecular formula is C19H18ClN3O. The molecular weight excluding hydrogens is 322 g/mol. The molecule has 1 N–H and O–H groups in total. The topological polar surface area (TPSA) is 46.9 Å². The third-order valence-electron chi connectivity index (χ3n) is 4.42. The van der Waals surface area contributed by atoms with Crippen molar-refractivity contribution >= 4 is 34.1 Å².